The van der Waals surface area contributed by atoms with E-state index in [1.54, 1.807) is 22.3 Å². The van der Waals surface area contributed by atoms with Gasteiger partial charge in [-0.05, 0) is 25.0 Å². The molecule has 1 fully saturated rings. The van der Waals surface area contributed by atoms with Gasteiger partial charge in [0.15, 0.2) is 0 Å². The van der Waals surface area contributed by atoms with Crippen molar-refractivity contribution in [2.24, 2.45) is 0 Å². The van der Waals surface area contributed by atoms with Crippen LogP contribution in [0.2, 0.25) is 0 Å². The SMILES string of the molecule is CCCc1nc(C(=O)N2CCN(c3ccccc3OC)C(=O)C2)cs1. The van der Waals surface area contributed by atoms with Crippen molar-refractivity contribution >= 4 is 28.8 Å². The fraction of sp³-hybridized carbons (Fsp3) is 0.389. The first-order chi connectivity index (χ1) is 12.1. The molecular formula is C18H21N3O3S. The highest BCUT2D eigenvalue weighted by Gasteiger charge is 2.30. The minimum absolute atomic E-state index is 0.0531. The van der Waals surface area contributed by atoms with Crippen molar-refractivity contribution in [1.82, 2.24) is 9.88 Å². The monoisotopic (exact) mass is 359 g/mol. The highest BCUT2D eigenvalue weighted by molar-refractivity contribution is 7.09. The Morgan fingerprint density at radius 2 is 2.12 bits per heavy atom. The third kappa shape index (κ3) is 3.66. The Labute approximate surface area is 151 Å². The Morgan fingerprint density at radius 3 is 2.84 bits per heavy atom. The molecule has 6 nitrogen and oxygen atoms in total. The highest BCUT2D eigenvalue weighted by atomic mass is 32.1. The van der Waals surface area contributed by atoms with Crippen LogP contribution in [0.15, 0.2) is 29.6 Å². The average molecular weight is 359 g/mol. The Balaban J connectivity index is 1.70. The van der Waals surface area contributed by atoms with Crippen LogP contribution in [-0.4, -0.2) is 48.4 Å². The number of hydrogen-bond acceptors (Lipinski definition) is 5. The normalized spacial score (nSPS) is 14.7. The smallest absolute Gasteiger partial charge is 0.273 e. The second kappa shape index (κ2) is 7.65. The van der Waals surface area contributed by atoms with Crippen LogP contribution in [0.25, 0.3) is 0 Å². The molecule has 0 radical (unpaired) electrons. The van der Waals surface area contributed by atoms with Gasteiger partial charge >= 0.3 is 0 Å². The molecule has 0 N–H and O–H groups in total. The van der Waals surface area contributed by atoms with Crippen LogP contribution in [0.3, 0.4) is 0 Å². The number of para-hydroxylation sites is 2. The molecule has 2 amide bonds. The minimum atomic E-state index is -0.174. The zero-order valence-electron chi connectivity index (χ0n) is 14.4. The van der Waals surface area contributed by atoms with E-state index in [0.29, 0.717) is 24.5 Å². The number of hydrogen-bond donors (Lipinski definition) is 0. The van der Waals surface area contributed by atoms with Crippen molar-refractivity contribution in [2.45, 2.75) is 19.8 Å². The second-order valence-corrected chi connectivity index (χ2v) is 6.76. The summed E-state index contributed by atoms with van der Waals surface area (Å²) in [4.78, 5) is 32.8. The van der Waals surface area contributed by atoms with E-state index in [0.717, 1.165) is 23.5 Å². The fourth-order valence-corrected chi connectivity index (χ4v) is 3.73. The molecule has 7 heteroatoms. The number of aryl methyl sites for hydroxylation is 1. The molecule has 0 spiro atoms. The van der Waals surface area contributed by atoms with Crippen LogP contribution < -0.4 is 9.64 Å². The van der Waals surface area contributed by atoms with Crippen LogP contribution in [0.5, 0.6) is 5.75 Å². The van der Waals surface area contributed by atoms with E-state index >= 15 is 0 Å². The Hall–Kier alpha value is -2.41. The van der Waals surface area contributed by atoms with Gasteiger partial charge in [-0.25, -0.2) is 4.98 Å². The number of ether oxygens (including phenoxy) is 1. The highest BCUT2D eigenvalue weighted by Crippen LogP contribution is 2.29. The fourth-order valence-electron chi connectivity index (χ4n) is 2.85. The molecule has 0 aliphatic carbocycles. The lowest BCUT2D eigenvalue weighted by Gasteiger charge is -2.34. The molecule has 132 valence electrons. The molecule has 0 unspecified atom stereocenters. The van der Waals surface area contributed by atoms with Crippen molar-refractivity contribution < 1.29 is 14.3 Å². The van der Waals surface area contributed by atoms with Crippen molar-refractivity contribution in [3.63, 3.8) is 0 Å². The number of nitrogens with zero attached hydrogens (tertiary/aromatic N) is 3. The predicted molar refractivity (Wildman–Crippen MR) is 97.4 cm³/mol. The summed E-state index contributed by atoms with van der Waals surface area (Å²) in [5, 5.41) is 2.74. The summed E-state index contributed by atoms with van der Waals surface area (Å²) in [6.07, 6.45) is 1.87. The van der Waals surface area contributed by atoms with Crippen molar-refractivity contribution in [3.8, 4) is 5.75 Å². The van der Waals surface area contributed by atoms with Crippen LogP contribution in [0.4, 0.5) is 5.69 Å². The summed E-state index contributed by atoms with van der Waals surface area (Å²) in [5.74, 6) is 0.360. The molecule has 1 saturated heterocycles. The largest absolute Gasteiger partial charge is 0.495 e. The van der Waals surface area contributed by atoms with Gasteiger partial charge in [-0.15, -0.1) is 11.3 Å². The second-order valence-electron chi connectivity index (χ2n) is 5.82. The first kappa shape index (κ1) is 17.4. The van der Waals surface area contributed by atoms with Gasteiger partial charge in [0.1, 0.15) is 18.0 Å². The maximum atomic E-state index is 12.6. The number of benzene rings is 1. The summed E-state index contributed by atoms with van der Waals surface area (Å²) >= 11 is 1.50. The molecule has 0 bridgehead atoms. The number of methoxy groups -OCH3 is 1. The van der Waals surface area contributed by atoms with Crippen LogP contribution in [-0.2, 0) is 11.2 Å². The Bertz CT molecular complexity index is 774. The molecule has 3 rings (SSSR count). The van der Waals surface area contributed by atoms with E-state index in [9.17, 15) is 9.59 Å². The lowest BCUT2D eigenvalue weighted by atomic mass is 10.2. The van der Waals surface area contributed by atoms with E-state index < -0.39 is 0 Å². The average Bonchev–Trinajstić information content (AvgIpc) is 3.10. The van der Waals surface area contributed by atoms with E-state index in [1.165, 1.54) is 11.3 Å². The number of anilines is 1. The van der Waals surface area contributed by atoms with Crippen LogP contribution in [0.1, 0.15) is 28.8 Å². The number of rotatable bonds is 5. The van der Waals surface area contributed by atoms with E-state index in [1.807, 2.05) is 24.3 Å². The Morgan fingerprint density at radius 1 is 1.32 bits per heavy atom. The number of carbonyl (C=O) groups excluding carboxylic acids is 2. The topological polar surface area (TPSA) is 62.7 Å². The zero-order valence-corrected chi connectivity index (χ0v) is 15.2. The molecular weight excluding hydrogens is 338 g/mol. The summed E-state index contributed by atoms with van der Waals surface area (Å²) in [6.45, 7) is 3.05. The summed E-state index contributed by atoms with van der Waals surface area (Å²) in [7, 11) is 1.58. The standard InChI is InChI=1S/C18H21N3O3S/c1-3-6-16-19-13(12-25-16)18(23)20-9-10-21(17(22)11-20)14-7-4-5-8-15(14)24-2/h4-5,7-8,12H,3,6,9-11H2,1-2H3. The summed E-state index contributed by atoms with van der Waals surface area (Å²) in [5.41, 5.74) is 1.17. The molecule has 0 saturated carbocycles. The van der Waals surface area contributed by atoms with Gasteiger partial charge in [-0.2, -0.15) is 0 Å². The lowest BCUT2D eigenvalue weighted by Crippen LogP contribution is -2.52. The molecule has 25 heavy (non-hydrogen) atoms. The number of amides is 2. The molecule has 2 aromatic rings. The molecule has 1 aliphatic rings. The lowest BCUT2D eigenvalue weighted by molar-refractivity contribution is -0.120. The quantitative estimate of drug-likeness (QED) is 0.823. The number of thiazole rings is 1. The van der Waals surface area contributed by atoms with Gasteiger partial charge in [0, 0.05) is 18.5 Å². The molecule has 1 aromatic heterocycles. The predicted octanol–water partition coefficient (Wildman–Crippen LogP) is 2.59. The Kier molecular flexibility index (Phi) is 5.33. The van der Waals surface area contributed by atoms with Gasteiger partial charge in [0.05, 0.1) is 17.8 Å². The number of aromatic nitrogens is 1. The summed E-state index contributed by atoms with van der Waals surface area (Å²) < 4.78 is 5.33. The molecule has 0 atom stereocenters. The van der Waals surface area contributed by atoms with Gasteiger partial charge in [0.25, 0.3) is 5.91 Å². The van der Waals surface area contributed by atoms with E-state index in [4.69, 9.17) is 4.74 Å². The number of carbonyl (C=O) groups is 2. The van der Waals surface area contributed by atoms with Crippen molar-refractivity contribution in [1.29, 1.82) is 0 Å². The first-order valence-corrected chi connectivity index (χ1v) is 9.19. The van der Waals surface area contributed by atoms with Crippen molar-refractivity contribution in [3.05, 3.63) is 40.3 Å². The van der Waals surface area contributed by atoms with Gasteiger partial charge in [0.2, 0.25) is 5.91 Å². The van der Waals surface area contributed by atoms with Gasteiger partial charge in [-0.1, -0.05) is 19.1 Å². The van der Waals surface area contributed by atoms with Crippen LogP contribution in [0, 0.1) is 0 Å². The van der Waals surface area contributed by atoms with E-state index in [2.05, 4.69) is 11.9 Å². The van der Waals surface area contributed by atoms with E-state index in [-0.39, 0.29) is 18.4 Å². The van der Waals surface area contributed by atoms with Gasteiger partial charge < -0.3 is 14.5 Å². The molecule has 1 aromatic carbocycles. The third-order valence-corrected chi connectivity index (χ3v) is 5.03. The first-order valence-electron chi connectivity index (χ1n) is 8.31. The minimum Gasteiger partial charge on any atom is -0.495 e. The number of piperazine rings is 1. The maximum Gasteiger partial charge on any atom is 0.273 e. The zero-order chi connectivity index (χ0) is 17.8. The molecule has 2 heterocycles. The third-order valence-electron chi connectivity index (χ3n) is 4.12. The molecule has 1 aliphatic heterocycles. The summed E-state index contributed by atoms with van der Waals surface area (Å²) in [6, 6.07) is 7.41. The van der Waals surface area contributed by atoms with Crippen LogP contribution >= 0.6 is 11.3 Å². The van der Waals surface area contributed by atoms with Gasteiger partial charge in [-0.3, -0.25) is 9.59 Å². The van der Waals surface area contributed by atoms with Crippen molar-refractivity contribution in [2.75, 3.05) is 31.6 Å². The maximum absolute atomic E-state index is 12.6.